The minimum absolute atomic E-state index is 0.191. The third-order valence-electron chi connectivity index (χ3n) is 3.87. The van der Waals surface area contributed by atoms with Crippen molar-refractivity contribution in [2.75, 3.05) is 0 Å². The number of rotatable bonds is 3. The standard InChI is InChI=1S/C18H15N5O/c1-13-6-5-7-14(10-13)11-22-12-19-17-16(18(22)24)20-21-23(17)15-8-3-2-4-9-15/h2-10,12H,11H2,1H3. The fraction of sp³-hybridized carbons (Fsp3) is 0.111. The highest BCUT2D eigenvalue weighted by Gasteiger charge is 2.13. The Balaban J connectivity index is 1.78. The van der Waals surface area contributed by atoms with Gasteiger partial charge in [0.05, 0.1) is 12.2 Å². The normalized spacial score (nSPS) is 11.0. The van der Waals surface area contributed by atoms with Crippen LogP contribution < -0.4 is 5.56 Å². The lowest BCUT2D eigenvalue weighted by atomic mass is 10.1. The van der Waals surface area contributed by atoms with E-state index in [1.165, 1.54) is 0 Å². The number of aryl methyl sites for hydroxylation is 1. The van der Waals surface area contributed by atoms with E-state index >= 15 is 0 Å². The van der Waals surface area contributed by atoms with Gasteiger partial charge in [-0.15, -0.1) is 5.10 Å². The molecule has 6 nitrogen and oxygen atoms in total. The van der Waals surface area contributed by atoms with Gasteiger partial charge in [-0.2, -0.15) is 4.68 Å². The first kappa shape index (κ1) is 14.3. The van der Waals surface area contributed by atoms with E-state index in [-0.39, 0.29) is 11.1 Å². The Morgan fingerprint density at radius 2 is 1.88 bits per heavy atom. The molecule has 2 aromatic carbocycles. The fourth-order valence-corrected chi connectivity index (χ4v) is 2.71. The second-order valence-electron chi connectivity index (χ2n) is 5.68. The lowest BCUT2D eigenvalue weighted by Crippen LogP contribution is -2.21. The average molecular weight is 317 g/mol. The van der Waals surface area contributed by atoms with Gasteiger partial charge in [0.25, 0.3) is 5.56 Å². The molecule has 0 spiro atoms. The average Bonchev–Trinajstić information content (AvgIpc) is 3.03. The van der Waals surface area contributed by atoms with Gasteiger partial charge in [0, 0.05) is 0 Å². The summed E-state index contributed by atoms with van der Waals surface area (Å²) in [6.45, 7) is 2.49. The van der Waals surface area contributed by atoms with Crippen LogP contribution in [0.5, 0.6) is 0 Å². The van der Waals surface area contributed by atoms with Crippen molar-refractivity contribution >= 4 is 11.2 Å². The summed E-state index contributed by atoms with van der Waals surface area (Å²) in [7, 11) is 0. The van der Waals surface area contributed by atoms with E-state index in [0.29, 0.717) is 12.2 Å². The van der Waals surface area contributed by atoms with Crippen molar-refractivity contribution in [2.24, 2.45) is 0 Å². The molecule has 0 saturated heterocycles. The van der Waals surface area contributed by atoms with Crippen molar-refractivity contribution in [3.05, 3.63) is 82.4 Å². The molecule has 0 unspecified atom stereocenters. The molecule has 24 heavy (non-hydrogen) atoms. The first-order chi connectivity index (χ1) is 11.7. The summed E-state index contributed by atoms with van der Waals surface area (Å²) in [4.78, 5) is 17.1. The summed E-state index contributed by atoms with van der Waals surface area (Å²) in [6, 6.07) is 17.6. The predicted molar refractivity (Wildman–Crippen MR) is 91.2 cm³/mol. The topological polar surface area (TPSA) is 65.6 Å². The number of aromatic nitrogens is 5. The highest BCUT2D eigenvalue weighted by Crippen LogP contribution is 2.11. The first-order valence-electron chi connectivity index (χ1n) is 7.64. The number of hydrogen-bond donors (Lipinski definition) is 0. The van der Waals surface area contributed by atoms with E-state index < -0.39 is 0 Å². The van der Waals surface area contributed by atoms with E-state index in [1.807, 2.05) is 55.5 Å². The molecule has 4 aromatic rings. The zero-order chi connectivity index (χ0) is 16.5. The summed E-state index contributed by atoms with van der Waals surface area (Å²) in [6.07, 6.45) is 1.55. The van der Waals surface area contributed by atoms with Crippen molar-refractivity contribution in [3.63, 3.8) is 0 Å². The largest absolute Gasteiger partial charge is 0.293 e. The number of para-hydroxylation sites is 1. The third-order valence-corrected chi connectivity index (χ3v) is 3.87. The molecular weight excluding hydrogens is 302 g/mol. The molecule has 6 heteroatoms. The van der Waals surface area contributed by atoms with Crippen LogP contribution in [0.25, 0.3) is 16.9 Å². The fourth-order valence-electron chi connectivity index (χ4n) is 2.71. The first-order valence-corrected chi connectivity index (χ1v) is 7.64. The summed E-state index contributed by atoms with van der Waals surface area (Å²) in [5.74, 6) is 0. The smallest absolute Gasteiger partial charge is 0.283 e. The van der Waals surface area contributed by atoms with Crippen LogP contribution >= 0.6 is 0 Å². The SMILES string of the molecule is Cc1cccc(Cn2cnc3c(nnn3-c3ccccc3)c2=O)c1. The second-order valence-corrected chi connectivity index (χ2v) is 5.68. The van der Waals surface area contributed by atoms with Crippen LogP contribution in [-0.4, -0.2) is 24.5 Å². The van der Waals surface area contributed by atoms with Gasteiger partial charge in [0.2, 0.25) is 0 Å². The van der Waals surface area contributed by atoms with E-state index in [0.717, 1.165) is 16.8 Å². The van der Waals surface area contributed by atoms with Crippen LogP contribution in [0.2, 0.25) is 0 Å². The maximum Gasteiger partial charge on any atom is 0.283 e. The van der Waals surface area contributed by atoms with Gasteiger partial charge in [-0.1, -0.05) is 53.2 Å². The minimum atomic E-state index is -0.191. The van der Waals surface area contributed by atoms with Crippen LogP contribution in [0, 0.1) is 6.92 Å². The van der Waals surface area contributed by atoms with Crippen LogP contribution in [0.1, 0.15) is 11.1 Å². The summed E-state index contributed by atoms with van der Waals surface area (Å²) in [5.41, 5.74) is 3.58. The maximum atomic E-state index is 12.7. The number of hydrogen-bond acceptors (Lipinski definition) is 4. The Kier molecular flexibility index (Phi) is 3.42. The zero-order valence-corrected chi connectivity index (χ0v) is 13.1. The van der Waals surface area contributed by atoms with Gasteiger partial charge in [-0.3, -0.25) is 9.36 Å². The Morgan fingerprint density at radius 1 is 1.04 bits per heavy atom. The van der Waals surface area contributed by atoms with Crippen LogP contribution in [-0.2, 0) is 6.54 Å². The number of fused-ring (bicyclic) bond motifs is 1. The molecule has 0 atom stereocenters. The molecule has 0 radical (unpaired) electrons. The number of benzene rings is 2. The van der Waals surface area contributed by atoms with Crippen LogP contribution in [0.4, 0.5) is 0 Å². The molecule has 2 aromatic heterocycles. The minimum Gasteiger partial charge on any atom is -0.293 e. The third kappa shape index (κ3) is 2.48. The quantitative estimate of drug-likeness (QED) is 0.582. The summed E-state index contributed by atoms with van der Waals surface area (Å²) >= 11 is 0. The zero-order valence-electron chi connectivity index (χ0n) is 13.1. The molecule has 0 aliphatic rings. The Labute approximate surface area is 138 Å². The highest BCUT2D eigenvalue weighted by atomic mass is 16.1. The predicted octanol–water partition coefficient (Wildman–Crippen LogP) is 2.33. The molecule has 2 heterocycles. The van der Waals surface area contributed by atoms with Gasteiger partial charge in [-0.05, 0) is 24.6 Å². The van der Waals surface area contributed by atoms with Crippen molar-refractivity contribution in [1.82, 2.24) is 24.5 Å². The Hall–Kier alpha value is -3.28. The van der Waals surface area contributed by atoms with E-state index in [1.54, 1.807) is 15.6 Å². The molecule has 118 valence electrons. The highest BCUT2D eigenvalue weighted by molar-refractivity contribution is 5.70. The molecule has 4 rings (SSSR count). The summed E-state index contributed by atoms with van der Waals surface area (Å²) in [5, 5.41) is 8.11. The molecule has 0 bridgehead atoms. The molecule has 0 N–H and O–H groups in total. The van der Waals surface area contributed by atoms with E-state index in [9.17, 15) is 4.79 Å². The maximum absolute atomic E-state index is 12.7. The molecule has 0 amide bonds. The molecule has 0 aliphatic heterocycles. The van der Waals surface area contributed by atoms with Gasteiger partial charge in [0.1, 0.15) is 6.33 Å². The van der Waals surface area contributed by atoms with Gasteiger partial charge >= 0.3 is 0 Å². The van der Waals surface area contributed by atoms with Gasteiger partial charge < -0.3 is 0 Å². The monoisotopic (exact) mass is 317 g/mol. The Bertz CT molecular complexity index is 1070. The molecular formula is C18H15N5O. The second kappa shape index (κ2) is 5.73. The molecule has 0 saturated carbocycles. The molecule has 0 fully saturated rings. The van der Waals surface area contributed by atoms with Crippen LogP contribution in [0.3, 0.4) is 0 Å². The lowest BCUT2D eigenvalue weighted by Gasteiger charge is -2.06. The van der Waals surface area contributed by atoms with E-state index in [4.69, 9.17) is 0 Å². The van der Waals surface area contributed by atoms with Crippen molar-refractivity contribution in [2.45, 2.75) is 13.5 Å². The van der Waals surface area contributed by atoms with Crippen molar-refractivity contribution in [3.8, 4) is 5.69 Å². The van der Waals surface area contributed by atoms with E-state index in [2.05, 4.69) is 21.4 Å². The van der Waals surface area contributed by atoms with Gasteiger partial charge in [-0.25, -0.2) is 4.98 Å². The lowest BCUT2D eigenvalue weighted by molar-refractivity contribution is 0.744. The van der Waals surface area contributed by atoms with Crippen molar-refractivity contribution < 1.29 is 0 Å². The number of nitrogens with zero attached hydrogens (tertiary/aromatic N) is 5. The van der Waals surface area contributed by atoms with Crippen LogP contribution in [0.15, 0.2) is 65.7 Å². The van der Waals surface area contributed by atoms with Crippen molar-refractivity contribution in [1.29, 1.82) is 0 Å². The molecule has 0 aliphatic carbocycles. The Morgan fingerprint density at radius 3 is 2.67 bits per heavy atom. The van der Waals surface area contributed by atoms with Gasteiger partial charge in [0.15, 0.2) is 11.2 Å². The summed E-state index contributed by atoms with van der Waals surface area (Å²) < 4.78 is 3.13.